The smallest absolute Gasteiger partial charge is 0.232 e. The second kappa shape index (κ2) is 12.7. The highest BCUT2D eigenvalue weighted by atomic mass is 35.5. The number of nitrogens with one attached hydrogen (secondary N) is 1. The lowest BCUT2D eigenvalue weighted by atomic mass is 10.1. The van der Waals surface area contributed by atoms with Crippen molar-refractivity contribution < 1.29 is 22.9 Å². The third-order valence-corrected chi connectivity index (χ3v) is 6.56. The summed E-state index contributed by atoms with van der Waals surface area (Å²) in [6.07, 6.45) is 0.644. The second-order valence-corrected chi connectivity index (χ2v) is 9.50. The molecule has 3 aromatic rings. The maximum absolute atomic E-state index is 12.6. The third kappa shape index (κ3) is 7.16. The van der Waals surface area contributed by atoms with Gasteiger partial charge in [-0.05, 0) is 50.1 Å². The Bertz CT molecular complexity index is 1150. The zero-order chi connectivity index (χ0) is 24.5. The van der Waals surface area contributed by atoms with Crippen LogP contribution in [-0.4, -0.2) is 41.1 Å². The number of ether oxygens (including phenoxy) is 2. The molecule has 0 aliphatic heterocycles. The van der Waals surface area contributed by atoms with E-state index in [1.54, 1.807) is 20.1 Å². The van der Waals surface area contributed by atoms with E-state index in [1.165, 1.54) is 0 Å². The molecule has 3 rings (SSSR count). The lowest BCUT2D eigenvalue weighted by Crippen LogP contribution is -2.30. The van der Waals surface area contributed by atoms with Gasteiger partial charge in [-0.15, -0.1) is 0 Å². The van der Waals surface area contributed by atoms with E-state index in [-0.39, 0.29) is 17.4 Å². The number of hydrogen-bond donors (Lipinski definition) is 1. The van der Waals surface area contributed by atoms with E-state index in [0.29, 0.717) is 54.1 Å². The molecule has 1 atom stereocenters. The monoisotopic (exact) mass is 504 g/mol. The normalized spacial score (nSPS) is 11.9. The van der Waals surface area contributed by atoms with E-state index < -0.39 is 10.8 Å². The van der Waals surface area contributed by atoms with Crippen molar-refractivity contribution in [3.63, 3.8) is 0 Å². The molecular weight excluding hydrogens is 476 g/mol. The highest BCUT2D eigenvalue weighted by Crippen LogP contribution is 2.28. The van der Waals surface area contributed by atoms with Crippen LogP contribution in [0.25, 0.3) is 11.5 Å². The van der Waals surface area contributed by atoms with Crippen LogP contribution in [-0.2, 0) is 39.1 Å². The molecule has 1 aromatic heterocycles. The van der Waals surface area contributed by atoms with E-state index in [1.807, 2.05) is 43.3 Å². The fraction of sp³-hybridized carbons (Fsp3) is 0.360. The quantitative estimate of drug-likeness (QED) is 0.391. The van der Waals surface area contributed by atoms with Gasteiger partial charge in [-0.1, -0.05) is 29.8 Å². The first-order valence-corrected chi connectivity index (χ1v) is 12.8. The minimum atomic E-state index is -1.42. The summed E-state index contributed by atoms with van der Waals surface area (Å²) in [5.74, 6) is 1.49. The first kappa shape index (κ1) is 25.9. The highest BCUT2D eigenvalue weighted by Gasteiger charge is 2.17. The van der Waals surface area contributed by atoms with Crippen LogP contribution in [0.2, 0.25) is 5.02 Å². The van der Waals surface area contributed by atoms with Crippen molar-refractivity contribution in [1.82, 2.24) is 10.3 Å². The number of benzene rings is 2. The van der Waals surface area contributed by atoms with Gasteiger partial charge < -0.3 is 19.2 Å². The topological polar surface area (TPSA) is 90.7 Å². The lowest BCUT2D eigenvalue weighted by molar-refractivity contribution is -0.118. The molecule has 0 bridgehead atoms. The molecule has 182 valence electrons. The predicted molar refractivity (Wildman–Crippen MR) is 133 cm³/mol. The molecule has 1 unspecified atom stereocenters. The number of halogens is 1. The number of amides is 1. The van der Waals surface area contributed by atoms with Crippen molar-refractivity contribution in [2.45, 2.75) is 32.6 Å². The van der Waals surface area contributed by atoms with Crippen molar-refractivity contribution in [3.05, 3.63) is 70.1 Å². The van der Waals surface area contributed by atoms with E-state index in [2.05, 4.69) is 10.3 Å². The van der Waals surface area contributed by atoms with Gasteiger partial charge in [0.1, 0.15) is 17.3 Å². The van der Waals surface area contributed by atoms with Crippen LogP contribution in [0.3, 0.4) is 0 Å². The van der Waals surface area contributed by atoms with Crippen molar-refractivity contribution in [1.29, 1.82) is 0 Å². The summed E-state index contributed by atoms with van der Waals surface area (Å²) in [6, 6.07) is 13.1. The van der Waals surface area contributed by atoms with Crippen LogP contribution < -0.4 is 10.1 Å². The molecule has 0 fully saturated rings. The first-order chi connectivity index (χ1) is 16.4. The van der Waals surface area contributed by atoms with Crippen LogP contribution in [0.4, 0.5) is 0 Å². The second-order valence-electron chi connectivity index (χ2n) is 7.64. The summed E-state index contributed by atoms with van der Waals surface area (Å²) < 4.78 is 29.1. The molecule has 0 aliphatic rings. The summed E-state index contributed by atoms with van der Waals surface area (Å²) in [5, 5.41) is 3.36. The SMILES string of the molecule is CCOc1ccc(CCNC(=O)CS(=O)Cc2nc(-c3ccccc3Cl)oc2C)cc1COC. The number of aromatic nitrogens is 1. The van der Waals surface area contributed by atoms with Gasteiger partial charge in [0, 0.05) is 30.0 Å². The first-order valence-electron chi connectivity index (χ1n) is 11.0. The standard InChI is InChI=1S/C25H29ClN2O5S/c1-4-32-23-10-9-18(13-19(23)14-31-3)11-12-27-24(29)16-34(30)15-22-17(2)33-25(28-22)20-7-5-6-8-21(20)26/h5-10,13H,4,11-12,14-16H2,1-3H3,(H,27,29). The molecule has 1 heterocycles. The zero-order valence-electron chi connectivity index (χ0n) is 19.6. The van der Waals surface area contributed by atoms with Crippen molar-refractivity contribution in [3.8, 4) is 17.2 Å². The Kier molecular flexibility index (Phi) is 9.68. The summed E-state index contributed by atoms with van der Waals surface area (Å²) in [4.78, 5) is 16.7. The fourth-order valence-electron chi connectivity index (χ4n) is 3.41. The number of nitrogens with zero attached hydrogens (tertiary/aromatic N) is 1. The van der Waals surface area contributed by atoms with E-state index in [9.17, 15) is 9.00 Å². The molecule has 2 aromatic carbocycles. The van der Waals surface area contributed by atoms with Crippen LogP contribution in [0.5, 0.6) is 5.75 Å². The van der Waals surface area contributed by atoms with Crippen molar-refractivity contribution in [2.75, 3.05) is 26.0 Å². The number of hydrogen-bond acceptors (Lipinski definition) is 6. The minimum absolute atomic E-state index is 0.105. The number of aryl methyl sites for hydroxylation is 1. The molecule has 0 radical (unpaired) electrons. The van der Waals surface area contributed by atoms with Gasteiger partial charge in [-0.25, -0.2) is 4.98 Å². The van der Waals surface area contributed by atoms with Crippen molar-refractivity contribution >= 4 is 28.3 Å². The Morgan fingerprint density at radius 3 is 2.76 bits per heavy atom. The molecule has 0 aliphatic carbocycles. The summed E-state index contributed by atoms with van der Waals surface area (Å²) >= 11 is 6.21. The van der Waals surface area contributed by atoms with E-state index >= 15 is 0 Å². The molecule has 1 amide bonds. The summed E-state index contributed by atoms with van der Waals surface area (Å²) in [7, 11) is 0.220. The molecule has 0 saturated carbocycles. The van der Waals surface area contributed by atoms with Crippen LogP contribution in [0.15, 0.2) is 46.9 Å². The number of carbonyl (C=O) groups is 1. The number of rotatable bonds is 12. The van der Waals surface area contributed by atoms with Gasteiger partial charge in [-0.3, -0.25) is 9.00 Å². The van der Waals surface area contributed by atoms with Crippen LogP contribution >= 0.6 is 11.6 Å². The Morgan fingerprint density at radius 2 is 2.03 bits per heavy atom. The van der Waals surface area contributed by atoms with Gasteiger partial charge in [0.05, 0.1) is 35.2 Å². The summed E-state index contributed by atoms with van der Waals surface area (Å²) in [5.41, 5.74) is 3.25. The Labute approximate surface area is 207 Å². The maximum atomic E-state index is 12.6. The maximum Gasteiger partial charge on any atom is 0.232 e. The summed E-state index contributed by atoms with van der Waals surface area (Å²) in [6.45, 7) is 5.17. The molecular formula is C25H29ClN2O5S. The molecule has 0 saturated heterocycles. The Hall–Kier alpha value is -2.68. The Balaban J connectivity index is 1.50. The van der Waals surface area contributed by atoms with Crippen LogP contribution in [0, 0.1) is 6.92 Å². The van der Waals surface area contributed by atoms with Gasteiger partial charge in [0.2, 0.25) is 11.8 Å². The minimum Gasteiger partial charge on any atom is -0.494 e. The third-order valence-electron chi connectivity index (χ3n) is 5.05. The van der Waals surface area contributed by atoms with Crippen molar-refractivity contribution in [2.24, 2.45) is 0 Å². The van der Waals surface area contributed by atoms with E-state index in [4.69, 9.17) is 25.5 Å². The average Bonchev–Trinajstić information content (AvgIpc) is 3.15. The Morgan fingerprint density at radius 1 is 1.24 bits per heavy atom. The lowest BCUT2D eigenvalue weighted by Gasteiger charge is -2.12. The number of carbonyl (C=O) groups excluding carboxylic acids is 1. The predicted octanol–water partition coefficient (Wildman–Crippen LogP) is 4.46. The molecule has 1 N–H and O–H groups in total. The molecule has 9 heteroatoms. The molecule has 7 nitrogen and oxygen atoms in total. The van der Waals surface area contributed by atoms with Crippen LogP contribution in [0.1, 0.15) is 29.5 Å². The number of oxazole rings is 1. The highest BCUT2D eigenvalue weighted by molar-refractivity contribution is 7.84. The van der Waals surface area contributed by atoms with Gasteiger partial charge in [-0.2, -0.15) is 0 Å². The van der Waals surface area contributed by atoms with Gasteiger partial charge in [0.15, 0.2) is 0 Å². The average molecular weight is 505 g/mol. The van der Waals surface area contributed by atoms with Gasteiger partial charge >= 0.3 is 0 Å². The number of methoxy groups -OCH3 is 1. The largest absolute Gasteiger partial charge is 0.494 e. The van der Waals surface area contributed by atoms with E-state index in [0.717, 1.165) is 16.9 Å². The molecule has 34 heavy (non-hydrogen) atoms. The zero-order valence-corrected chi connectivity index (χ0v) is 21.1. The molecule has 0 spiro atoms. The van der Waals surface area contributed by atoms with Gasteiger partial charge in [0.25, 0.3) is 0 Å². The fourth-order valence-corrected chi connectivity index (χ4v) is 4.70.